The lowest BCUT2D eigenvalue weighted by molar-refractivity contribution is 0.0240. The van der Waals surface area contributed by atoms with E-state index < -0.39 is 17.3 Å². The molecule has 1 aliphatic rings. The molecule has 0 saturated carbocycles. The summed E-state index contributed by atoms with van der Waals surface area (Å²) in [6.45, 7) is 9.42. The molecular weight excluding hydrogens is 429 g/mol. The van der Waals surface area contributed by atoms with Crippen molar-refractivity contribution in [2.45, 2.75) is 33.3 Å². The van der Waals surface area contributed by atoms with Gasteiger partial charge in [0.2, 0.25) is 0 Å². The van der Waals surface area contributed by atoms with E-state index in [2.05, 4.69) is 20.3 Å². The molecule has 0 atom stereocenters. The van der Waals surface area contributed by atoms with E-state index in [-0.39, 0.29) is 23.1 Å². The molecule has 0 radical (unpaired) electrons. The summed E-state index contributed by atoms with van der Waals surface area (Å²) in [6.07, 6.45) is 5.82. The van der Waals surface area contributed by atoms with Gasteiger partial charge < -0.3 is 24.3 Å². The molecule has 33 heavy (non-hydrogen) atoms. The van der Waals surface area contributed by atoms with Crippen molar-refractivity contribution in [3.63, 3.8) is 0 Å². The van der Waals surface area contributed by atoms with Crippen LogP contribution < -0.4 is 10.2 Å². The van der Waals surface area contributed by atoms with Gasteiger partial charge in [0, 0.05) is 44.6 Å². The van der Waals surface area contributed by atoms with Crippen molar-refractivity contribution in [2.24, 2.45) is 0 Å². The van der Waals surface area contributed by atoms with E-state index in [1.807, 2.05) is 25.7 Å². The Morgan fingerprint density at radius 1 is 1.09 bits per heavy atom. The SMILES string of the molecule is Cc1cn2cc(NC(=O)c3cnc(N4CCN(C(=O)OC(C)(C)C)CC4)cn3)cc(F)c2n1. The Labute approximate surface area is 190 Å². The monoisotopic (exact) mass is 455 g/mol. The highest BCUT2D eigenvalue weighted by Gasteiger charge is 2.26. The van der Waals surface area contributed by atoms with E-state index >= 15 is 0 Å². The average molecular weight is 455 g/mol. The molecule has 10 nitrogen and oxygen atoms in total. The summed E-state index contributed by atoms with van der Waals surface area (Å²) in [7, 11) is 0. The smallest absolute Gasteiger partial charge is 0.410 e. The maximum atomic E-state index is 14.2. The van der Waals surface area contributed by atoms with Crippen LogP contribution >= 0.6 is 0 Å². The third kappa shape index (κ3) is 5.18. The van der Waals surface area contributed by atoms with Gasteiger partial charge in [0.05, 0.1) is 23.8 Å². The van der Waals surface area contributed by atoms with Gasteiger partial charge in [0.25, 0.3) is 5.91 Å². The Morgan fingerprint density at radius 2 is 1.82 bits per heavy atom. The molecule has 2 amide bonds. The number of nitrogens with one attached hydrogen (secondary N) is 1. The summed E-state index contributed by atoms with van der Waals surface area (Å²) >= 11 is 0. The molecule has 0 bridgehead atoms. The number of piperazine rings is 1. The highest BCUT2D eigenvalue weighted by atomic mass is 19.1. The zero-order valence-electron chi connectivity index (χ0n) is 19.0. The number of rotatable bonds is 3. The van der Waals surface area contributed by atoms with E-state index in [9.17, 15) is 14.0 Å². The molecular formula is C22H26FN7O3. The van der Waals surface area contributed by atoms with Gasteiger partial charge in [0.1, 0.15) is 17.1 Å². The lowest BCUT2D eigenvalue weighted by atomic mass is 10.2. The molecule has 1 N–H and O–H groups in total. The Hall–Kier alpha value is -3.76. The second-order valence-corrected chi connectivity index (χ2v) is 8.86. The van der Waals surface area contributed by atoms with E-state index in [1.54, 1.807) is 24.2 Å². The Morgan fingerprint density at radius 3 is 2.45 bits per heavy atom. The molecule has 1 aliphatic heterocycles. The number of aryl methyl sites for hydroxylation is 1. The summed E-state index contributed by atoms with van der Waals surface area (Å²) in [5.74, 6) is -0.427. The van der Waals surface area contributed by atoms with Crippen LogP contribution in [0.5, 0.6) is 0 Å². The number of ether oxygens (including phenoxy) is 1. The predicted molar refractivity (Wildman–Crippen MR) is 120 cm³/mol. The lowest BCUT2D eigenvalue weighted by Gasteiger charge is -2.36. The molecule has 1 fully saturated rings. The number of halogens is 1. The van der Waals surface area contributed by atoms with Gasteiger partial charge in [-0.1, -0.05) is 0 Å². The van der Waals surface area contributed by atoms with Crippen molar-refractivity contribution in [3.8, 4) is 0 Å². The number of fused-ring (bicyclic) bond motifs is 1. The highest BCUT2D eigenvalue weighted by molar-refractivity contribution is 6.02. The van der Waals surface area contributed by atoms with E-state index in [4.69, 9.17) is 4.74 Å². The van der Waals surface area contributed by atoms with Crippen molar-refractivity contribution < 1.29 is 18.7 Å². The predicted octanol–water partition coefficient (Wildman–Crippen LogP) is 2.88. The molecule has 4 heterocycles. The number of anilines is 2. The van der Waals surface area contributed by atoms with Gasteiger partial charge in [-0.25, -0.2) is 24.1 Å². The maximum Gasteiger partial charge on any atom is 0.410 e. The first-order chi connectivity index (χ1) is 15.6. The first-order valence-corrected chi connectivity index (χ1v) is 10.6. The minimum absolute atomic E-state index is 0.105. The molecule has 174 valence electrons. The third-order valence-electron chi connectivity index (χ3n) is 5.01. The second-order valence-electron chi connectivity index (χ2n) is 8.86. The van der Waals surface area contributed by atoms with Crippen LogP contribution in [0, 0.1) is 12.7 Å². The standard InChI is InChI=1S/C22H26FN7O3/c1-14-12-30-13-15(9-16(23)19(30)26-14)27-20(31)17-10-25-18(11-24-17)28-5-7-29(8-6-28)21(32)33-22(2,3)4/h9-13H,5-8H2,1-4H3,(H,27,31). The molecule has 0 aliphatic carbocycles. The largest absolute Gasteiger partial charge is 0.444 e. The van der Waals surface area contributed by atoms with Crippen molar-refractivity contribution in [2.75, 3.05) is 36.4 Å². The second kappa shape index (κ2) is 8.64. The number of nitrogens with zero attached hydrogens (tertiary/aromatic N) is 6. The fourth-order valence-electron chi connectivity index (χ4n) is 3.49. The maximum absolute atomic E-state index is 14.2. The van der Waals surface area contributed by atoms with Gasteiger partial charge in [0.15, 0.2) is 11.5 Å². The number of carbonyl (C=O) groups excluding carboxylic acids is 2. The number of carbonyl (C=O) groups is 2. The van der Waals surface area contributed by atoms with E-state index in [0.717, 1.165) is 0 Å². The first-order valence-electron chi connectivity index (χ1n) is 10.6. The van der Waals surface area contributed by atoms with Gasteiger partial charge in [-0.2, -0.15) is 0 Å². The van der Waals surface area contributed by atoms with Crippen LogP contribution in [0.25, 0.3) is 5.65 Å². The van der Waals surface area contributed by atoms with Crippen LogP contribution in [0.4, 0.5) is 20.7 Å². The van der Waals surface area contributed by atoms with Crippen LogP contribution in [0.15, 0.2) is 30.9 Å². The topological polar surface area (TPSA) is 105 Å². The summed E-state index contributed by atoms with van der Waals surface area (Å²) < 4.78 is 21.2. The Balaban J connectivity index is 1.37. The zero-order valence-corrected chi connectivity index (χ0v) is 19.0. The summed E-state index contributed by atoms with van der Waals surface area (Å²) in [5, 5.41) is 2.63. The van der Waals surface area contributed by atoms with Crippen molar-refractivity contribution >= 4 is 29.2 Å². The quantitative estimate of drug-likeness (QED) is 0.647. The summed E-state index contributed by atoms with van der Waals surface area (Å²) in [4.78, 5) is 41.1. The number of hydrogen-bond acceptors (Lipinski definition) is 7. The van der Waals surface area contributed by atoms with Crippen LogP contribution in [0.3, 0.4) is 0 Å². The molecule has 0 aromatic carbocycles. The van der Waals surface area contributed by atoms with Crippen molar-refractivity contribution in [1.29, 1.82) is 0 Å². The highest BCUT2D eigenvalue weighted by Crippen LogP contribution is 2.18. The summed E-state index contributed by atoms with van der Waals surface area (Å²) in [6, 6.07) is 1.21. The third-order valence-corrected chi connectivity index (χ3v) is 5.01. The normalized spacial score (nSPS) is 14.5. The minimum atomic E-state index is -0.536. The van der Waals surface area contributed by atoms with Gasteiger partial charge >= 0.3 is 6.09 Å². The van der Waals surface area contributed by atoms with Crippen LogP contribution in [-0.2, 0) is 4.74 Å². The average Bonchev–Trinajstić information content (AvgIpc) is 3.13. The number of aromatic nitrogens is 4. The van der Waals surface area contributed by atoms with E-state index in [0.29, 0.717) is 37.7 Å². The number of imidazole rings is 1. The molecule has 1 saturated heterocycles. The van der Waals surface area contributed by atoms with Crippen LogP contribution in [-0.4, -0.2) is 68.0 Å². The molecule has 3 aromatic heterocycles. The fourth-order valence-corrected chi connectivity index (χ4v) is 3.49. The van der Waals surface area contributed by atoms with E-state index in [1.165, 1.54) is 22.9 Å². The molecule has 3 aromatic rings. The minimum Gasteiger partial charge on any atom is -0.444 e. The van der Waals surface area contributed by atoms with Gasteiger partial charge in [-0.3, -0.25) is 4.79 Å². The summed E-state index contributed by atoms with van der Waals surface area (Å²) in [5.41, 5.74) is 0.720. The van der Waals surface area contributed by atoms with Gasteiger partial charge in [-0.15, -0.1) is 0 Å². The first kappa shape index (κ1) is 22.4. The molecule has 4 rings (SSSR count). The van der Waals surface area contributed by atoms with Crippen LogP contribution in [0.2, 0.25) is 0 Å². The number of pyridine rings is 1. The fraction of sp³-hybridized carbons (Fsp3) is 0.409. The van der Waals surface area contributed by atoms with Crippen molar-refractivity contribution in [3.05, 3.63) is 48.1 Å². The van der Waals surface area contributed by atoms with Crippen molar-refractivity contribution in [1.82, 2.24) is 24.3 Å². The number of hydrogen-bond donors (Lipinski definition) is 1. The Bertz CT molecular complexity index is 1180. The number of amides is 2. The van der Waals surface area contributed by atoms with Crippen LogP contribution in [0.1, 0.15) is 37.0 Å². The van der Waals surface area contributed by atoms with Gasteiger partial charge in [-0.05, 0) is 27.7 Å². The zero-order chi connectivity index (χ0) is 23.8. The molecule has 0 unspecified atom stereocenters. The Kier molecular flexibility index (Phi) is 5.88. The lowest BCUT2D eigenvalue weighted by Crippen LogP contribution is -2.50. The molecule has 11 heteroatoms. The molecule has 0 spiro atoms.